The second-order valence-corrected chi connectivity index (χ2v) is 8.83. The summed E-state index contributed by atoms with van der Waals surface area (Å²) in [5, 5.41) is 2.77. The zero-order valence-electron chi connectivity index (χ0n) is 15.4. The quantitative estimate of drug-likeness (QED) is 0.819. The zero-order valence-corrected chi connectivity index (χ0v) is 16.2. The summed E-state index contributed by atoms with van der Waals surface area (Å²) in [6.07, 6.45) is 2.00. The lowest BCUT2D eigenvalue weighted by Gasteiger charge is -2.27. The van der Waals surface area contributed by atoms with Crippen molar-refractivity contribution in [2.24, 2.45) is 0 Å². The van der Waals surface area contributed by atoms with E-state index in [4.69, 9.17) is 9.47 Å². The van der Waals surface area contributed by atoms with Crippen molar-refractivity contribution < 1.29 is 22.7 Å². The second kappa shape index (κ2) is 7.60. The van der Waals surface area contributed by atoms with E-state index in [2.05, 4.69) is 5.32 Å². The molecule has 2 aromatic carbocycles. The van der Waals surface area contributed by atoms with Gasteiger partial charge in [0, 0.05) is 23.9 Å². The van der Waals surface area contributed by atoms with Crippen molar-refractivity contribution in [1.29, 1.82) is 0 Å². The fourth-order valence-electron chi connectivity index (χ4n) is 3.51. The molecule has 27 heavy (non-hydrogen) atoms. The molecule has 1 amide bonds. The summed E-state index contributed by atoms with van der Waals surface area (Å²) in [6, 6.07) is 13.1. The Kier molecular flexibility index (Phi) is 5.41. The van der Waals surface area contributed by atoms with E-state index in [0.717, 1.165) is 0 Å². The van der Waals surface area contributed by atoms with Crippen LogP contribution in [0.25, 0.3) is 0 Å². The SMILES string of the molecule is COc1cc(NC(=O)C2(S(=O)(=O)c3ccccc3)CCCC2)cc(OC)c1. The van der Waals surface area contributed by atoms with Crippen LogP contribution in [0.4, 0.5) is 5.69 Å². The van der Waals surface area contributed by atoms with E-state index >= 15 is 0 Å². The fourth-order valence-corrected chi connectivity index (χ4v) is 5.60. The average Bonchev–Trinajstić information content (AvgIpc) is 3.20. The van der Waals surface area contributed by atoms with Gasteiger partial charge in [-0.15, -0.1) is 0 Å². The maximum atomic E-state index is 13.3. The van der Waals surface area contributed by atoms with E-state index in [9.17, 15) is 13.2 Å². The number of nitrogens with one attached hydrogen (secondary N) is 1. The lowest BCUT2D eigenvalue weighted by molar-refractivity contribution is -0.118. The summed E-state index contributed by atoms with van der Waals surface area (Å²) in [7, 11) is -0.800. The maximum Gasteiger partial charge on any atom is 0.246 e. The topological polar surface area (TPSA) is 81.7 Å². The van der Waals surface area contributed by atoms with Crippen LogP contribution in [0.3, 0.4) is 0 Å². The van der Waals surface area contributed by atoms with Gasteiger partial charge in [-0.05, 0) is 25.0 Å². The first-order valence-electron chi connectivity index (χ1n) is 8.77. The minimum absolute atomic E-state index is 0.172. The number of carbonyl (C=O) groups is 1. The fraction of sp³-hybridized carbons (Fsp3) is 0.350. The standard InChI is InChI=1S/C20H23NO5S/c1-25-16-12-15(13-17(14-16)26-2)21-19(22)20(10-6-7-11-20)27(23,24)18-8-4-3-5-9-18/h3-5,8-9,12-14H,6-7,10-11H2,1-2H3,(H,21,22). The minimum Gasteiger partial charge on any atom is -0.497 e. The summed E-state index contributed by atoms with van der Waals surface area (Å²) < 4.78 is 35.6. The summed E-state index contributed by atoms with van der Waals surface area (Å²) in [5.74, 6) is 0.506. The molecule has 2 aromatic rings. The highest BCUT2D eigenvalue weighted by Gasteiger charge is 2.52. The molecule has 0 spiro atoms. The van der Waals surface area contributed by atoms with Crippen molar-refractivity contribution in [3.63, 3.8) is 0 Å². The van der Waals surface area contributed by atoms with Gasteiger partial charge in [0.2, 0.25) is 5.91 Å². The monoisotopic (exact) mass is 389 g/mol. The Bertz CT molecular complexity index is 896. The van der Waals surface area contributed by atoms with E-state index in [1.54, 1.807) is 36.4 Å². The molecule has 0 unspecified atom stereocenters. The average molecular weight is 389 g/mol. The van der Waals surface area contributed by atoms with Gasteiger partial charge in [-0.3, -0.25) is 4.79 Å². The highest BCUT2D eigenvalue weighted by molar-refractivity contribution is 7.93. The number of ether oxygens (including phenoxy) is 2. The Balaban J connectivity index is 1.98. The first-order valence-corrected chi connectivity index (χ1v) is 10.3. The van der Waals surface area contributed by atoms with Crippen LogP contribution in [0.1, 0.15) is 25.7 Å². The highest BCUT2D eigenvalue weighted by atomic mass is 32.2. The predicted octanol–water partition coefficient (Wildman–Crippen LogP) is 3.43. The first kappa shape index (κ1) is 19.2. The number of anilines is 1. The molecule has 6 nitrogen and oxygen atoms in total. The summed E-state index contributed by atoms with van der Waals surface area (Å²) in [6.45, 7) is 0. The Morgan fingerprint density at radius 2 is 1.52 bits per heavy atom. The van der Waals surface area contributed by atoms with Crippen molar-refractivity contribution in [3.05, 3.63) is 48.5 Å². The smallest absolute Gasteiger partial charge is 0.246 e. The molecular weight excluding hydrogens is 366 g/mol. The molecule has 1 aliphatic rings. The van der Waals surface area contributed by atoms with Gasteiger partial charge in [-0.2, -0.15) is 0 Å². The van der Waals surface area contributed by atoms with Crippen LogP contribution in [0.15, 0.2) is 53.4 Å². The van der Waals surface area contributed by atoms with Gasteiger partial charge in [0.25, 0.3) is 0 Å². The number of carbonyl (C=O) groups excluding carboxylic acids is 1. The highest BCUT2D eigenvalue weighted by Crippen LogP contribution is 2.41. The Hall–Kier alpha value is -2.54. The van der Waals surface area contributed by atoms with Gasteiger partial charge in [0.15, 0.2) is 14.6 Å². The number of amides is 1. The van der Waals surface area contributed by atoms with Crippen molar-refractivity contribution >= 4 is 21.4 Å². The number of rotatable bonds is 6. The Morgan fingerprint density at radius 3 is 2.04 bits per heavy atom. The molecule has 1 fully saturated rings. The van der Waals surface area contributed by atoms with Gasteiger partial charge < -0.3 is 14.8 Å². The molecule has 1 N–H and O–H groups in total. The largest absolute Gasteiger partial charge is 0.497 e. The number of benzene rings is 2. The molecule has 0 aromatic heterocycles. The molecule has 0 atom stereocenters. The molecule has 7 heteroatoms. The third-order valence-corrected chi connectivity index (χ3v) is 7.52. The molecule has 0 radical (unpaired) electrons. The van der Waals surface area contributed by atoms with Crippen LogP contribution in [0.5, 0.6) is 11.5 Å². The van der Waals surface area contributed by atoms with Gasteiger partial charge in [0.05, 0.1) is 19.1 Å². The van der Waals surface area contributed by atoms with Crippen LogP contribution in [0.2, 0.25) is 0 Å². The van der Waals surface area contributed by atoms with Crippen molar-refractivity contribution in [3.8, 4) is 11.5 Å². The lowest BCUT2D eigenvalue weighted by Crippen LogP contribution is -2.47. The predicted molar refractivity (Wildman–Crippen MR) is 103 cm³/mol. The zero-order chi connectivity index (χ0) is 19.5. The van der Waals surface area contributed by atoms with Gasteiger partial charge in [0.1, 0.15) is 11.5 Å². The molecule has 1 aliphatic carbocycles. The van der Waals surface area contributed by atoms with Crippen LogP contribution < -0.4 is 14.8 Å². The van der Waals surface area contributed by atoms with Crippen LogP contribution in [-0.2, 0) is 14.6 Å². The number of sulfone groups is 1. The third kappa shape index (κ3) is 3.51. The molecule has 1 saturated carbocycles. The van der Waals surface area contributed by atoms with E-state index in [1.165, 1.54) is 26.4 Å². The molecule has 0 bridgehead atoms. The molecule has 144 valence electrons. The minimum atomic E-state index is -3.83. The number of hydrogen-bond acceptors (Lipinski definition) is 5. The summed E-state index contributed by atoms with van der Waals surface area (Å²) in [4.78, 5) is 13.4. The molecule has 3 rings (SSSR count). The number of hydrogen-bond donors (Lipinski definition) is 1. The van der Waals surface area contributed by atoms with E-state index in [0.29, 0.717) is 42.9 Å². The van der Waals surface area contributed by atoms with Crippen LogP contribution >= 0.6 is 0 Å². The maximum absolute atomic E-state index is 13.3. The van der Waals surface area contributed by atoms with Gasteiger partial charge in [-0.25, -0.2) is 8.42 Å². The molecule has 0 saturated heterocycles. The molecule has 0 heterocycles. The van der Waals surface area contributed by atoms with Crippen LogP contribution in [0, 0.1) is 0 Å². The first-order chi connectivity index (χ1) is 12.9. The Labute approximate surface area is 159 Å². The second-order valence-electron chi connectivity index (χ2n) is 6.57. The number of methoxy groups -OCH3 is 2. The van der Waals surface area contributed by atoms with Gasteiger partial charge in [-0.1, -0.05) is 31.0 Å². The lowest BCUT2D eigenvalue weighted by atomic mass is 10.1. The van der Waals surface area contributed by atoms with Crippen molar-refractivity contribution in [2.45, 2.75) is 35.3 Å². The molecular formula is C20H23NO5S. The van der Waals surface area contributed by atoms with Gasteiger partial charge >= 0.3 is 0 Å². The van der Waals surface area contributed by atoms with Crippen molar-refractivity contribution in [1.82, 2.24) is 0 Å². The van der Waals surface area contributed by atoms with Crippen LogP contribution in [-0.4, -0.2) is 33.3 Å². The summed E-state index contributed by atoms with van der Waals surface area (Å²) in [5.41, 5.74) is 0.436. The van der Waals surface area contributed by atoms with E-state index in [1.807, 2.05) is 0 Å². The normalized spacial score (nSPS) is 15.9. The van der Waals surface area contributed by atoms with E-state index < -0.39 is 20.5 Å². The van der Waals surface area contributed by atoms with Crippen molar-refractivity contribution in [2.75, 3.05) is 19.5 Å². The third-order valence-electron chi connectivity index (χ3n) is 5.00. The Morgan fingerprint density at radius 1 is 0.963 bits per heavy atom. The van der Waals surface area contributed by atoms with E-state index in [-0.39, 0.29) is 4.90 Å². The summed E-state index contributed by atoms with van der Waals surface area (Å²) >= 11 is 0. The molecule has 0 aliphatic heterocycles.